The Labute approximate surface area is 122 Å². The van der Waals surface area contributed by atoms with E-state index in [1.54, 1.807) is 17.5 Å². The molecule has 2 N–H and O–H groups in total. The topological polar surface area (TPSA) is 66.9 Å². The van der Waals surface area contributed by atoms with E-state index in [1.165, 1.54) is 11.8 Å². The summed E-state index contributed by atoms with van der Waals surface area (Å²) in [5.41, 5.74) is 2.66. The lowest BCUT2D eigenvalue weighted by Crippen LogP contribution is -2.24. The van der Waals surface area contributed by atoms with Gasteiger partial charge in [0.15, 0.2) is 0 Å². The Hall–Kier alpha value is -1.95. The molecule has 0 radical (unpaired) electrons. The van der Waals surface area contributed by atoms with Gasteiger partial charge in [-0.3, -0.25) is 4.79 Å². The number of thiophene rings is 1. The SMILES string of the molecule is CCCNc1cnc(C(=O)NCc2cscc2C)cn1. The minimum atomic E-state index is -0.204. The van der Waals surface area contributed by atoms with Crippen molar-refractivity contribution in [2.45, 2.75) is 26.8 Å². The lowest BCUT2D eigenvalue weighted by Gasteiger charge is -2.06. The van der Waals surface area contributed by atoms with Crippen LogP contribution in [0, 0.1) is 6.92 Å². The molecule has 2 aromatic rings. The number of nitrogens with one attached hydrogen (secondary N) is 2. The molecule has 0 saturated heterocycles. The van der Waals surface area contributed by atoms with Crippen molar-refractivity contribution in [1.82, 2.24) is 15.3 Å². The van der Waals surface area contributed by atoms with E-state index in [0.29, 0.717) is 18.1 Å². The highest BCUT2D eigenvalue weighted by molar-refractivity contribution is 7.08. The van der Waals surface area contributed by atoms with Gasteiger partial charge in [0, 0.05) is 13.1 Å². The van der Waals surface area contributed by atoms with Crippen LogP contribution in [0.25, 0.3) is 0 Å². The lowest BCUT2D eigenvalue weighted by atomic mass is 10.2. The van der Waals surface area contributed by atoms with Gasteiger partial charge in [-0.05, 0) is 35.2 Å². The average Bonchev–Trinajstić information content (AvgIpc) is 2.88. The van der Waals surface area contributed by atoms with Crippen LogP contribution in [-0.2, 0) is 6.54 Å². The molecule has 1 amide bonds. The molecule has 6 heteroatoms. The van der Waals surface area contributed by atoms with E-state index < -0.39 is 0 Å². The quantitative estimate of drug-likeness (QED) is 0.858. The molecule has 0 aromatic carbocycles. The molecule has 2 heterocycles. The van der Waals surface area contributed by atoms with Crippen molar-refractivity contribution in [3.05, 3.63) is 40.0 Å². The Balaban J connectivity index is 1.90. The van der Waals surface area contributed by atoms with Crippen molar-refractivity contribution in [2.24, 2.45) is 0 Å². The molecule has 0 aliphatic carbocycles. The van der Waals surface area contributed by atoms with Gasteiger partial charge in [-0.2, -0.15) is 11.3 Å². The smallest absolute Gasteiger partial charge is 0.271 e. The number of anilines is 1. The predicted octanol–water partition coefficient (Wildman–Crippen LogP) is 2.60. The molecule has 0 fully saturated rings. The standard InChI is InChI=1S/C14H18N4OS/c1-3-4-15-13-7-16-12(6-17-13)14(19)18-5-11-9-20-8-10(11)2/h6-9H,3-5H2,1-2H3,(H,15,17)(H,18,19). The Morgan fingerprint density at radius 3 is 2.75 bits per heavy atom. The van der Waals surface area contributed by atoms with Crippen molar-refractivity contribution in [3.63, 3.8) is 0 Å². The van der Waals surface area contributed by atoms with Crippen LogP contribution in [0.5, 0.6) is 0 Å². The van der Waals surface area contributed by atoms with Crippen LogP contribution in [0.3, 0.4) is 0 Å². The van der Waals surface area contributed by atoms with Crippen LogP contribution in [-0.4, -0.2) is 22.4 Å². The molecule has 2 rings (SSSR count). The maximum absolute atomic E-state index is 11.9. The summed E-state index contributed by atoms with van der Waals surface area (Å²) < 4.78 is 0. The Kier molecular flexibility index (Phi) is 5.06. The van der Waals surface area contributed by atoms with E-state index in [1.807, 2.05) is 12.3 Å². The summed E-state index contributed by atoms with van der Waals surface area (Å²) in [5, 5.41) is 10.1. The maximum Gasteiger partial charge on any atom is 0.271 e. The lowest BCUT2D eigenvalue weighted by molar-refractivity contribution is 0.0945. The monoisotopic (exact) mass is 290 g/mol. The first-order valence-electron chi connectivity index (χ1n) is 6.56. The van der Waals surface area contributed by atoms with Crippen molar-refractivity contribution in [3.8, 4) is 0 Å². The first-order valence-corrected chi connectivity index (χ1v) is 7.50. The zero-order chi connectivity index (χ0) is 14.4. The summed E-state index contributed by atoms with van der Waals surface area (Å²) in [6.45, 7) is 5.48. The number of rotatable bonds is 6. The number of hydrogen-bond acceptors (Lipinski definition) is 5. The van der Waals surface area contributed by atoms with E-state index in [-0.39, 0.29) is 5.91 Å². The average molecular weight is 290 g/mol. The number of carbonyl (C=O) groups excluding carboxylic acids is 1. The van der Waals surface area contributed by atoms with Gasteiger partial charge in [-0.15, -0.1) is 0 Å². The summed E-state index contributed by atoms with van der Waals surface area (Å²) in [4.78, 5) is 20.2. The molecule has 5 nitrogen and oxygen atoms in total. The van der Waals surface area contributed by atoms with Crippen LogP contribution in [0.2, 0.25) is 0 Å². The van der Waals surface area contributed by atoms with E-state index >= 15 is 0 Å². The van der Waals surface area contributed by atoms with Crippen LogP contribution in [0.15, 0.2) is 23.2 Å². The van der Waals surface area contributed by atoms with Crippen LogP contribution in [0.1, 0.15) is 35.0 Å². The number of aromatic nitrogens is 2. The van der Waals surface area contributed by atoms with Crippen molar-refractivity contribution in [1.29, 1.82) is 0 Å². The third kappa shape index (κ3) is 3.77. The van der Waals surface area contributed by atoms with Gasteiger partial charge in [-0.25, -0.2) is 9.97 Å². The fraction of sp³-hybridized carbons (Fsp3) is 0.357. The second-order valence-corrected chi connectivity index (χ2v) is 5.22. The van der Waals surface area contributed by atoms with Gasteiger partial charge in [0.25, 0.3) is 5.91 Å². The van der Waals surface area contributed by atoms with Gasteiger partial charge in [0.1, 0.15) is 11.5 Å². The fourth-order valence-corrected chi connectivity index (χ4v) is 2.48. The second-order valence-electron chi connectivity index (χ2n) is 4.48. The summed E-state index contributed by atoms with van der Waals surface area (Å²) in [6.07, 6.45) is 4.10. The molecule has 0 spiro atoms. The van der Waals surface area contributed by atoms with Crippen LogP contribution < -0.4 is 10.6 Å². The summed E-state index contributed by atoms with van der Waals surface area (Å²) in [5.74, 6) is 0.488. The second kappa shape index (κ2) is 7.00. The van der Waals surface area contributed by atoms with E-state index in [2.05, 4.69) is 32.9 Å². The number of hydrogen-bond donors (Lipinski definition) is 2. The largest absolute Gasteiger partial charge is 0.369 e. The molecule has 20 heavy (non-hydrogen) atoms. The Morgan fingerprint density at radius 1 is 1.30 bits per heavy atom. The van der Waals surface area contributed by atoms with Gasteiger partial charge in [0.2, 0.25) is 0 Å². The Bertz CT molecular complexity index is 565. The molecule has 2 aromatic heterocycles. The normalized spacial score (nSPS) is 10.3. The maximum atomic E-state index is 11.9. The van der Waals surface area contributed by atoms with E-state index in [0.717, 1.165) is 18.5 Å². The molecule has 0 unspecified atom stereocenters. The van der Waals surface area contributed by atoms with Crippen molar-refractivity contribution >= 4 is 23.1 Å². The van der Waals surface area contributed by atoms with Gasteiger partial charge >= 0.3 is 0 Å². The molecule has 0 atom stereocenters. The molecular weight excluding hydrogens is 272 g/mol. The highest BCUT2D eigenvalue weighted by Gasteiger charge is 2.08. The highest BCUT2D eigenvalue weighted by Crippen LogP contribution is 2.13. The number of nitrogens with zero attached hydrogens (tertiary/aromatic N) is 2. The van der Waals surface area contributed by atoms with Crippen molar-refractivity contribution in [2.75, 3.05) is 11.9 Å². The summed E-state index contributed by atoms with van der Waals surface area (Å²) >= 11 is 1.64. The van der Waals surface area contributed by atoms with Crippen LogP contribution in [0.4, 0.5) is 5.82 Å². The number of amides is 1. The van der Waals surface area contributed by atoms with Gasteiger partial charge in [0.05, 0.1) is 12.4 Å². The molecule has 0 bridgehead atoms. The zero-order valence-corrected chi connectivity index (χ0v) is 12.5. The Morgan fingerprint density at radius 2 is 2.15 bits per heavy atom. The minimum absolute atomic E-state index is 0.204. The predicted molar refractivity (Wildman–Crippen MR) is 81.0 cm³/mol. The highest BCUT2D eigenvalue weighted by atomic mass is 32.1. The number of aryl methyl sites for hydroxylation is 1. The van der Waals surface area contributed by atoms with Crippen LogP contribution >= 0.6 is 11.3 Å². The van der Waals surface area contributed by atoms with Gasteiger partial charge < -0.3 is 10.6 Å². The van der Waals surface area contributed by atoms with Crippen molar-refractivity contribution < 1.29 is 4.79 Å². The summed E-state index contributed by atoms with van der Waals surface area (Å²) in [6, 6.07) is 0. The van der Waals surface area contributed by atoms with E-state index in [4.69, 9.17) is 0 Å². The third-order valence-electron chi connectivity index (χ3n) is 2.84. The number of carbonyl (C=O) groups is 1. The molecule has 0 saturated carbocycles. The molecule has 0 aliphatic rings. The summed E-state index contributed by atoms with van der Waals surface area (Å²) in [7, 11) is 0. The van der Waals surface area contributed by atoms with Gasteiger partial charge in [-0.1, -0.05) is 6.92 Å². The molecule has 106 valence electrons. The third-order valence-corrected chi connectivity index (χ3v) is 3.75. The molecular formula is C14H18N4OS. The first-order chi connectivity index (χ1) is 9.70. The zero-order valence-electron chi connectivity index (χ0n) is 11.6. The fourth-order valence-electron chi connectivity index (χ4n) is 1.62. The first kappa shape index (κ1) is 14.5. The van der Waals surface area contributed by atoms with E-state index in [9.17, 15) is 4.79 Å². The molecule has 0 aliphatic heterocycles. The minimum Gasteiger partial charge on any atom is -0.369 e.